The van der Waals surface area contributed by atoms with Crippen LogP contribution >= 0.6 is 0 Å². The Labute approximate surface area is 50.7 Å². The van der Waals surface area contributed by atoms with Gasteiger partial charge in [-0.25, -0.2) is 0 Å². The van der Waals surface area contributed by atoms with Gasteiger partial charge in [0.2, 0.25) is 0 Å². The van der Waals surface area contributed by atoms with E-state index in [0.717, 1.165) is 6.42 Å². The highest BCUT2D eigenvalue weighted by molar-refractivity contribution is 4.98. The van der Waals surface area contributed by atoms with Gasteiger partial charge in [0, 0.05) is 12.8 Å². The number of aliphatic hydroxyl groups is 1. The fourth-order valence-electron chi connectivity index (χ4n) is 0.345. The Balaban J connectivity index is 3.15. The maximum Gasteiger partial charge on any atom is 0.0621 e. The van der Waals surface area contributed by atoms with Crippen molar-refractivity contribution in [3.8, 4) is 11.8 Å². The largest absolute Gasteiger partial charge is 0.392 e. The zero-order valence-corrected chi connectivity index (χ0v) is 5.44. The molecular formula is C7H12O. The molecule has 0 spiro atoms. The summed E-state index contributed by atoms with van der Waals surface area (Å²) in [5.74, 6) is 5.70. The molecule has 0 aromatic heterocycles. The van der Waals surface area contributed by atoms with Crippen LogP contribution in [0.4, 0.5) is 0 Å². The quantitative estimate of drug-likeness (QED) is 0.505. The monoisotopic (exact) mass is 112 g/mol. The fourth-order valence-corrected chi connectivity index (χ4v) is 0.345. The summed E-state index contributed by atoms with van der Waals surface area (Å²) in [5.41, 5.74) is 0. The molecule has 0 aliphatic rings. The van der Waals surface area contributed by atoms with Crippen molar-refractivity contribution in [1.82, 2.24) is 0 Å². The Kier molecular flexibility index (Phi) is 4.39. The first-order valence-corrected chi connectivity index (χ1v) is 2.91. The molecule has 0 amide bonds. The Morgan fingerprint density at radius 3 is 2.50 bits per heavy atom. The van der Waals surface area contributed by atoms with Crippen molar-refractivity contribution < 1.29 is 5.11 Å². The van der Waals surface area contributed by atoms with E-state index in [1.54, 1.807) is 6.92 Å². The van der Waals surface area contributed by atoms with Gasteiger partial charge in [0.15, 0.2) is 0 Å². The molecule has 0 bridgehead atoms. The molecule has 0 saturated heterocycles. The molecule has 46 valence electrons. The predicted octanol–water partition coefficient (Wildman–Crippen LogP) is 1.17. The van der Waals surface area contributed by atoms with Gasteiger partial charge in [-0.15, -0.1) is 11.8 Å². The Morgan fingerprint density at radius 2 is 2.12 bits per heavy atom. The van der Waals surface area contributed by atoms with E-state index < -0.39 is 0 Å². The topological polar surface area (TPSA) is 20.2 Å². The van der Waals surface area contributed by atoms with Crippen LogP contribution in [0.15, 0.2) is 0 Å². The van der Waals surface area contributed by atoms with Crippen LogP contribution < -0.4 is 0 Å². The van der Waals surface area contributed by atoms with Gasteiger partial charge in [-0.1, -0.05) is 6.92 Å². The Bertz CT molecular complexity index is 94.7. The van der Waals surface area contributed by atoms with E-state index in [-0.39, 0.29) is 6.10 Å². The van der Waals surface area contributed by atoms with E-state index in [2.05, 4.69) is 11.8 Å². The van der Waals surface area contributed by atoms with Gasteiger partial charge in [0.1, 0.15) is 0 Å². The number of rotatable bonds is 1. The standard InChI is InChI=1S/C7H12O/c1-3-4-5-6-7(2)8/h7-8H,3,6H2,1-2H3. The molecule has 0 saturated carbocycles. The third-order valence-electron chi connectivity index (χ3n) is 0.699. The number of hydrogen-bond acceptors (Lipinski definition) is 1. The van der Waals surface area contributed by atoms with Crippen molar-refractivity contribution in [3.05, 3.63) is 0 Å². The molecule has 0 aliphatic carbocycles. The summed E-state index contributed by atoms with van der Waals surface area (Å²) in [5, 5.41) is 8.68. The van der Waals surface area contributed by atoms with Crippen molar-refractivity contribution in [2.75, 3.05) is 0 Å². The summed E-state index contributed by atoms with van der Waals surface area (Å²) in [4.78, 5) is 0. The minimum atomic E-state index is -0.269. The predicted molar refractivity (Wildman–Crippen MR) is 34.4 cm³/mol. The number of hydrogen-bond donors (Lipinski definition) is 1. The third kappa shape index (κ3) is 5.52. The van der Waals surface area contributed by atoms with Gasteiger partial charge in [0.05, 0.1) is 6.10 Å². The molecule has 0 fully saturated rings. The molecule has 0 aliphatic heterocycles. The van der Waals surface area contributed by atoms with Gasteiger partial charge in [-0.05, 0) is 6.92 Å². The maximum atomic E-state index is 8.68. The molecule has 0 aromatic carbocycles. The van der Waals surface area contributed by atoms with E-state index in [4.69, 9.17) is 5.11 Å². The van der Waals surface area contributed by atoms with E-state index >= 15 is 0 Å². The highest BCUT2D eigenvalue weighted by atomic mass is 16.3. The normalized spacial score (nSPS) is 11.9. The average molecular weight is 112 g/mol. The SMILES string of the molecule is CCC#CCC(C)O. The van der Waals surface area contributed by atoms with Crippen molar-refractivity contribution in [1.29, 1.82) is 0 Å². The van der Waals surface area contributed by atoms with Gasteiger partial charge < -0.3 is 5.11 Å². The first-order valence-electron chi connectivity index (χ1n) is 2.91. The molecule has 8 heavy (non-hydrogen) atoms. The molecule has 1 nitrogen and oxygen atoms in total. The molecule has 1 heteroatoms. The zero-order chi connectivity index (χ0) is 6.41. The fraction of sp³-hybridized carbons (Fsp3) is 0.714. The molecule has 0 rings (SSSR count). The highest BCUT2D eigenvalue weighted by Crippen LogP contribution is 1.84. The van der Waals surface area contributed by atoms with Gasteiger partial charge >= 0.3 is 0 Å². The summed E-state index contributed by atoms with van der Waals surface area (Å²) in [6.07, 6.45) is 1.22. The van der Waals surface area contributed by atoms with Crippen LogP contribution in [-0.2, 0) is 0 Å². The Hall–Kier alpha value is -0.480. The van der Waals surface area contributed by atoms with Crippen LogP contribution in [0.2, 0.25) is 0 Å². The molecule has 1 unspecified atom stereocenters. The van der Waals surface area contributed by atoms with Gasteiger partial charge in [0.25, 0.3) is 0 Å². The molecular weight excluding hydrogens is 100 g/mol. The molecule has 0 radical (unpaired) electrons. The van der Waals surface area contributed by atoms with Crippen molar-refractivity contribution in [2.45, 2.75) is 32.8 Å². The second-order valence-corrected chi connectivity index (χ2v) is 1.76. The lowest BCUT2D eigenvalue weighted by Gasteiger charge is -1.91. The Morgan fingerprint density at radius 1 is 1.50 bits per heavy atom. The summed E-state index contributed by atoms with van der Waals surface area (Å²) < 4.78 is 0. The summed E-state index contributed by atoms with van der Waals surface area (Å²) in [6, 6.07) is 0. The molecule has 0 aromatic rings. The lowest BCUT2D eigenvalue weighted by Crippen LogP contribution is -1.95. The minimum absolute atomic E-state index is 0.269. The lowest BCUT2D eigenvalue weighted by atomic mass is 10.3. The molecule has 0 heterocycles. The summed E-state index contributed by atoms with van der Waals surface area (Å²) in [6.45, 7) is 3.74. The average Bonchev–Trinajstić information content (AvgIpc) is 1.66. The first kappa shape index (κ1) is 7.52. The van der Waals surface area contributed by atoms with Crippen molar-refractivity contribution in [2.24, 2.45) is 0 Å². The molecule has 1 atom stereocenters. The summed E-state index contributed by atoms with van der Waals surface area (Å²) in [7, 11) is 0. The zero-order valence-electron chi connectivity index (χ0n) is 5.44. The van der Waals surface area contributed by atoms with E-state index in [0.29, 0.717) is 6.42 Å². The minimum Gasteiger partial charge on any atom is -0.392 e. The first-order chi connectivity index (χ1) is 3.77. The van der Waals surface area contributed by atoms with Crippen LogP contribution in [0.1, 0.15) is 26.7 Å². The van der Waals surface area contributed by atoms with Crippen LogP contribution in [0, 0.1) is 11.8 Å². The number of aliphatic hydroxyl groups excluding tert-OH is 1. The van der Waals surface area contributed by atoms with Crippen LogP contribution in [0.3, 0.4) is 0 Å². The lowest BCUT2D eigenvalue weighted by molar-refractivity contribution is 0.201. The van der Waals surface area contributed by atoms with Crippen LogP contribution in [-0.4, -0.2) is 11.2 Å². The third-order valence-corrected chi connectivity index (χ3v) is 0.699. The van der Waals surface area contributed by atoms with Crippen LogP contribution in [0.25, 0.3) is 0 Å². The summed E-state index contributed by atoms with van der Waals surface area (Å²) >= 11 is 0. The van der Waals surface area contributed by atoms with Crippen molar-refractivity contribution in [3.63, 3.8) is 0 Å². The molecule has 1 N–H and O–H groups in total. The smallest absolute Gasteiger partial charge is 0.0621 e. The second-order valence-electron chi connectivity index (χ2n) is 1.76. The van der Waals surface area contributed by atoms with Crippen molar-refractivity contribution >= 4 is 0 Å². The van der Waals surface area contributed by atoms with E-state index in [9.17, 15) is 0 Å². The second kappa shape index (κ2) is 4.67. The van der Waals surface area contributed by atoms with Crippen LogP contribution in [0.5, 0.6) is 0 Å². The van der Waals surface area contributed by atoms with Gasteiger partial charge in [-0.3, -0.25) is 0 Å². The van der Waals surface area contributed by atoms with E-state index in [1.165, 1.54) is 0 Å². The van der Waals surface area contributed by atoms with Gasteiger partial charge in [-0.2, -0.15) is 0 Å². The van der Waals surface area contributed by atoms with E-state index in [1.807, 2.05) is 6.92 Å². The highest BCUT2D eigenvalue weighted by Gasteiger charge is 1.86. The maximum absolute atomic E-state index is 8.68.